The van der Waals surface area contributed by atoms with Crippen LogP contribution in [0.25, 0.3) is 0 Å². The highest BCUT2D eigenvalue weighted by atomic mass is 32.2. The summed E-state index contributed by atoms with van der Waals surface area (Å²) in [6.45, 7) is 3.54. The Morgan fingerprint density at radius 3 is 2.39 bits per heavy atom. The van der Waals surface area contributed by atoms with Gasteiger partial charge in [-0.15, -0.1) is 0 Å². The van der Waals surface area contributed by atoms with E-state index in [1.165, 1.54) is 6.26 Å². The van der Waals surface area contributed by atoms with E-state index in [-0.39, 0.29) is 12.5 Å². The van der Waals surface area contributed by atoms with Crippen LogP contribution in [0.2, 0.25) is 0 Å². The van der Waals surface area contributed by atoms with Crippen molar-refractivity contribution in [1.29, 1.82) is 0 Å². The summed E-state index contributed by atoms with van der Waals surface area (Å²) in [6.07, 6.45) is 1.21. The van der Waals surface area contributed by atoms with Crippen LogP contribution in [0.5, 0.6) is 0 Å². The molecule has 0 fully saturated rings. The molecule has 0 bridgehead atoms. The number of nitrogens with one attached hydrogen (secondary N) is 2. The van der Waals surface area contributed by atoms with Gasteiger partial charge in [-0.05, 0) is 13.8 Å². The minimum Gasteiger partial charge on any atom is -0.373 e. The van der Waals surface area contributed by atoms with Crippen molar-refractivity contribution in [3.8, 4) is 0 Å². The van der Waals surface area contributed by atoms with Gasteiger partial charge >= 0.3 is 0 Å². The van der Waals surface area contributed by atoms with Crippen molar-refractivity contribution in [3.63, 3.8) is 0 Å². The fourth-order valence-corrected chi connectivity index (χ4v) is 1.45. The van der Waals surface area contributed by atoms with Gasteiger partial charge in [-0.1, -0.05) is 0 Å². The third kappa shape index (κ3) is 3.46. The summed E-state index contributed by atoms with van der Waals surface area (Å²) in [5.41, 5.74) is 5.54. The predicted octanol–water partition coefficient (Wildman–Crippen LogP) is 0.336. The molecule has 1 rings (SSSR count). The SMILES string of the molecule is CNc1cc(NCC(C)(C)S(C)(=O)=O)nc(N)n1. The average Bonchev–Trinajstić information content (AvgIpc) is 2.24. The Morgan fingerprint density at radius 2 is 1.89 bits per heavy atom. The lowest BCUT2D eigenvalue weighted by Gasteiger charge is -2.23. The lowest BCUT2D eigenvalue weighted by atomic mass is 10.2. The number of sulfone groups is 1. The number of anilines is 3. The number of nitrogens with two attached hydrogens (primary N) is 1. The summed E-state index contributed by atoms with van der Waals surface area (Å²) < 4.78 is 22.2. The largest absolute Gasteiger partial charge is 0.373 e. The molecule has 1 aromatic heterocycles. The highest BCUT2D eigenvalue weighted by Gasteiger charge is 2.29. The third-order valence-electron chi connectivity index (χ3n) is 2.70. The van der Waals surface area contributed by atoms with E-state index in [1.54, 1.807) is 27.0 Å². The molecule has 0 aromatic carbocycles. The van der Waals surface area contributed by atoms with E-state index in [4.69, 9.17) is 5.73 Å². The van der Waals surface area contributed by atoms with Gasteiger partial charge in [-0.25, -0.2) is 8.42 Å². The van der Waals surface area contributed by atoms with E-state index in [0.29, 0.717) is 11.6 Å². The smallest absolute Gasteiger partial charge is 0.223 e. The van der Waals surface area contributed by atoms with Crippen molar-refractivity contribution in [2.24, 2.45) is 0 Å². The maximum Gasteiger partial charge on any atom is 0.223 e. The van der Waals surface area contributed by atoms with Gasteiger partial charge in [-0.2, -0.15) is 9.97 Å². The van der Waals surface area contributed by atoms with Crippen LogP contribution in [0.1, 0.15) is 13.8 Å². The van der Waals surface area contributed by atoms with Gasteiger partial charge < -0.3 is 16.4 Å². The molecule has 7 nitrogen and oxygen atoms in total. The first-order valence-corrected chi connectivity index (χ1v) is 7.30. The Labute approximate surface area is 107 Å². The van der Waals surface area contributed by atoms with E-state index in [1.807, 2.05) is 0 Å². The monoisotopic (exact) mass is 273 g/mol. The second-order valence-electron chi connectivity index (χ2n) is 4.63. The molecule has 1 aromatic rings. The van der Waals surface area contributed by atoms with Crippen LogP contribution < -0.4 is 16.4 Å². The second kappa shape index (κ2) is 4.97. The number of rotatable bonds is 5. The van der Waals surface area contributed by atoms with Crippen LogP contribution in [0.4, 0.5) is 17.6 Å². The zero-order valence-electron chi connectivity index (χ0n) is 11.0. The number of nitrogens with zero attached hydrogens (tertiary/aromatic N) is 2. The van der Waals surface area contributed by atoms with Crippen molar-refractivity contribution in [1.82, 2.24) is 9.97 Å². The minimum absolute atomic E-state index is 0.126. The third-order valence-corrected chi connectivity index (χ3v) is 4.85. The molecule has 0 saturated heterocycles. The van der Waals surface area contributed by atoms with Crippen molar-refractivity contribution < 1.29 is 8.42 Å². The molecule has 0 atom stereocenters. The quantitative estimate of drug-likeness (QED) is 0.709. The van der Waals surface area contributed by atoms with E-state index >= 15 is 0 Å². The summed E-state index contributed by atoms with van der Waals surface area (Å²) in [6, 6.07) is 1.66. The van der Waals surface area contributed by atoms with Gasteiger partial charge in [0.25, 0.3) is 0 Å². The maximum absolute atomic E-state index is 11.6. The topological polar surface area (TPSA) is 110 Å². The standard InChI is InChI=1S/C10H19N5O2S/c1-10(2,18(4,16)17)6-13-8-5-7(12-3)14-9(11)15-8/h5H,6H2,1-4H3,(H4,11,12,13,14,15). The average molecular weight is 273 g/mol. The van der Waals surface area contributed by atoms with Gasteiger partial charge in [0.1, 0.15) is 11.6 Å². The van der Waals surface area contributed by atoms with Crippen molar-refractivity contribution in [2.75, 3.05) is 36.2 Å². The molecule has 4 N–H and O–H groups in total. The van der Waals surface area contributed by atoms with Crippen molar-refractivity contribution in [3.05, 3.63) is 6.07 Å². The Bertz CT molecular complexity index is 527. The van der Waals surface area contributed by atoms with Crippen LogP contribution in [0.15, 0.2) is 6.07 Å². The molecule has 18 heavy (non-hydrogen) atoms. The van der Waals surface area contributed by atoms with Crippen LogP contribution >= 0.6 is 0 Å². The van der Waals surface area contributed by atoms with E-state index < -0.39 is 14.6 Å². The Morgan fingerprint density at radius 1 is 1.33 bits per heavy atom. The molecule has 0 aliphatic rings. The minimum atomic E-state index is -3.15. The number of hydrogen-bond donors (Lipinski definition) is 3. The Hall–Kier alpha value is -1.57. The maximum atomic E-state index is 11.6. The summed E-state index contributed by atoms with van der Waals surface area (Å²) in [7, 11) is -1.44. The van der Waals surface area contributed by atoms with Crippen LogP contribution in [-0.4, -0.2) is 43.0 Å². The first-order chi connectivity index (χ1) is 8.15. The Balaban J connectivity index is 2.84. The lowest BCUT2D eigenvalue weighted by Crippen LogP contribution is -2.38. The lowest BCUT2D eigenvalue weighted by molar-refractivity contribution is 0.559. The molecule has 0 radical (unpaired) electrons. The zero-order chi connectivity index (χ0) is 14.0. The van der Waals surface area contributed by atoms with Crippen LogP contribution in [0.3, 0.4) is 0 Å². The zero-order valence-corrected chi connectivity index (χ0v) is 11.8. The molecule has 8 heteroatoms. The fraction of sp³-hybridized carbons (Fsp3) is 0.600. The summed E-state index contributed by atoms with van der Waals surface area (Å²) in [4.78, 5) is 7.93. The molecule has 1 heterocycles. The molecular formula is C10H19N5O2S. The van der Waals surface area contributed by atoms with Gasteiger partial charge in [-0.3, -0.25) is 0 Å². The van der Waals surface area contributed by atoms with Gasteiger partial charge in [0.2, 0.25) is 5.95 Å². The molecule has 0 amide bonds. The first-order valence-electron chi connectivity index (χ1n) is 5.41. The molecule has 0 aliphatic carbocycles. The number of hydrogen-bond acceptors (Lipinski definition) is 7. The van der Waals surface area contributed by atoms with E-state index in [9.17, 15) is 8.42 Å². The molecule has 0 saturated carbocycles. The molecular weight excluding hydrogens is 254 g/mol. The van der Waals surface area contributed by atoms with Crippen molar-refractivity contribution in [2.45, 2.75) is 18.6 Å². The van der Waals surface area contributed by atoms with Gasteiger partial charge in [0, 0.05) is 25.9 Å². The van der Waals surface area contributed by atoms with Crippen molar-refractivity contribution >= 4 is 27.4 Å². The molecule has 102 valence electrons. The van der Waals surface area contributed by atoms with Gasteiger partial charge in [0.05, 0.1) is 4.75 Å². The molecule has 0 spiro atoms. The summed E-state index contributed by atoms with van der Waals surface area (Å²) >= 11 is 0. The second-order valence-corrected chi connectivity index (χ2v) is 7.28. The number of aromatic nitrogens is 2. The highest BCUT2D eigenvalue weighted by Crippen LogP contribution is 2.17. The Kier molecular flexibility index (Phi) is 4.00. The molecule has 0 aliphatic heterocycles. The first kappa shape index (κ1) is 14.5. The van der Waals surface area contributed by atoms with Crippen LogP contribution in [0, 0.1) is 0 Å². The fourth-order valence-electron chi connectivity index (χ4n) is 1.12. The summed E-state index contributed by atoms with van der Waals surface area (Å²) in [5.74, 6) is 1.19. The summed E-state index contributed by atoms with van der Waals surface area (Å²) in [5, 5.41) is 5.80. The normalized spacial score (nSPS) is 12.2. The predicted molar refractivity (Wildman–Crippen MR) is 73.4 cm³/mol. The van der Waals surface area contributed by atoms with Crippen LogP contribution in [-0.2, 0) is 9.84 Å². The van der Waals surface area contributed by atoms with E-state index in [0.717, 1.165) is 0 Å². The molecule has 0 unspecified atom stereocenters. The van der Waals surface area contributed by atoms with Gasteiger partial charge in [0.15, 0.2) is 9.84 Å². The van der Waals surface area contributed by atoms with E-state index in [2.05, 4.69) is 20.6 Å². The number of nitrogen functional groups attached to an aromatic ring is 1. The highest BCUT2D eigenvalue weighted by molar-refractivity contribution is 7.92.